The first-order valence-electron chi connectivity index (χ1n) is 4.65. The van der Waals surface area contributed by atoms with Crippen LogP contribution in [0.3, 0.4) is 0 Å². The Labute approximate surface area is 74.1 Å². The quantitative estimate of drug-likeness (QED) is 0.636. The Morgan fingerprint density at radius 3 is 2.67 bits per heavy atom. The largest absolute Gasteiger partial charge is 0.338 e. The molecule has 1 fully saturated rings. The molecule has 3 nitrogen and oxygen atoms in total. The zero-order valence-electron chi connectivity index (χ0n) is 7.97. The van der Waals surface area contributed by atoms with E-state index in [1.807, 2.05) is 0 Å². The van der Waals surface area contributed by atoms with Crippen molar-refractivity contribution in [2.45, 2.75) is 25.7 Å². The molecule has 0 bridgehead atoms. The lowest BCUT2D eigenvalue weighted by molar-refractivity contribution is 0.217. The van der Waals surface area contributed by atoms with Gasteiger partial charge in [-0.15, -0.1) is 0 Å². The predicted octanol–water partition coefficient (Wildman–Crippen LogP) is 1.45. The van der Waals surface area contributed by atoms with E-state index in [0.717, 1.165) is 18.9 Å². The molecule has 1 aliphatic carbocycles. The summed E-state index contributed by atoms with van der Waals surface area (Å²) in [5.74, 6) is 0.973. The van der Waals surface area contributed by atoms with Crippen molar-refractivity contribution in [2.24, 2.45) is 5.92 Å². The lowest BCUT2D eigenvalue weighted by Crippen LogP contribution is -2.34. The van der Waals surface area contributed by atoms with E-state index in [-0.39, 0.29) is 6.03 Å². The topological polar surface area (TPSA) is 32.3 Å². The van der Waals surface area contributed by atoms with E-state index in [4.69, 9.17) is 0 Å². The summed E-state index contributed by atoms with van der Waals surface area (Å²) in [6, 6.07) is 0.0193. The Morgan fingerprint density at radius 2 is 2.17 bits per heavy atom. The summed E-state index contributed by atoms with van der Waals surface area (Å²) in [6.07, 6.45) is 5.22. The molecule has 0 aromatic carbocycles. The Bertz CT molecular complexity index is 153. The van der Waals surface area contributed by atoms with Gasteiger partial charge in [-0.25, -0.2) is 4.79 Å². The minimum absolute atomic E-state index is 0.0193. The number of amides is 2. The number of hydrogen-bond donors (Lipinski definition) is 1. The van der Waals surface area contributed by atoms with Crippen LogP contribution in [0.1, 0.15) is 25.7 Å². The highest BCUT2D eigenvalue weighted by atomic mass is 16.2. The second-order valence-corrected chi connectivity index (χ2v) is 3.71. The molecule has 2 amide bonds. The van der Waals surface area contributed by atoms with Crippen LogP contribution in [0.2, 0.25) is 0 Å². The Morgan fingerprint density at radius 1 is 1.50 bits per heavy atom. The predicted molar refractivity (Wildman–Crippen MR) is 49.0 cm³/mol. The van der Waals surface area contributed by atoms with Gasteiger partial charge in [-0.3, -0.25) is 0 Å². The number of nitrogens with zero attached hydrogens (tertiary/aromatic N) is 1. The van der Waals surface area contributed by atoms with Crippen molar-refractivity contribution >= 4 is 6.03 Å². The van der Waals surface area contributed by atoms with Crippen molar-refractivity contribution in [1.29, 1.82) is 0 Å². The molecule has 0 radical (unpaired) electrons. The minimum atomic E-state index is 0.0193. The molecule has 1 rings (SSSR count). The van der Waals surface area contributed by atoms with E-state index < -0.39 is 0 Å². The third kappa shape index (κ3) is 3.60. The lowest BCUT2D eigenvalue weighted by atomic mass is 10.2. The van der Waals surface area contributed by atoms with Gasteiger partial charge in [0.05, 0.1) is 0 Å². The normalized spacial score (nSPS) is 15.8. The van der Waals surface area contributed by atoms with Crippen molar-refractivity contribution in [3.8, 4) is 0 Å². The molecule has 1 saturated carbocycles. The Balaban J connectivity index is 1.90. The van der Waals surface area contributed by atoms with E-state index in [1.54, 1.807) is 19.0 Å². The number of carbonyl (C=O) groups excluding carboxylic acids is 1. The van der Waals surface area contributed by atoms with Gasteiger partial charge in [0.15, 0.2) is 0 Å². The fourth-order valence-corrected chi connectivity index (χ4v) is 1.15. The summed E-state index contributed by atoms with van der Waals surface area (Å²) in [5, 5.41) is 2.85. The average molecular weight is 170 g/mol. The molecular formula is C9H18N2O. The van der Waals surface area contributed by atoms with Crippen LogP contribution < -0.4 is 5.32 Å². The highest BCUT2D eigenvalue weighted by molar-refractivity contribution is 5.73. The lowest BCUT2D eigenvalue weighted by Gasteiger charge is -2.11. The fourth-order valence-electron chi connectivity index (χ4n) is 1.15. The van der Waals surface area contributed by atoms with Crippen LogP contribution in [0, 0.1) is 5.92 Å². The van der Waals surface area contributed by atoms with Crippen LogP contribution in [0.25, 0.3) is 0 Å². The number of nitrogens with one attached hydrogen (secondary N) is 1. The molecule has 0 aromatic rings. The van der Waals surface area contributed by atoms with Crippen molar-refractivity contribution in [3.05, 3.63) is 0 Å². The summed E-state index contributed by atoms with van der Waals surface area (Å²) in [4.78, 5) is 12.6. The van der Waals surface area contributed by atoms with Gasteiger partial charge in [0, 0.05) is 20.6 Å². The zero-order chi connectivity index (χ0) is 8.97. The maximum Gasteiger partial charge on any atom is 0.316 e. The van der Waals surface area contributed by atoms with Gasteiger partial charge >= 0.3 is 6.03 Å². The standard InChI is InChI=1S/C9H18N2O/c1-11(2)9(12)10-7-3-4-8-5-6-8/h8H,3-7H2,1-2H3,(H,10,12). The molecule has 0 spiro atoms. The third-order valence-corrected chi connectivity index (χ3v) is 2.17. The molecular weight excluding hydrogens is 152 g/mol. The molecule has 12 heavy (non-hydrogen) atoms. The highest BCUT2D eigenvalue weighted by Crippen LogP contribution is 2.33. The van der Waals surface area contributed by atoms with Gasteiger partial charge in [-0.2, -0.15) is 0 Å². The van der Waals surface area contributed by atoms with Crippen molar-refractivity contribution in [3.63, 3.8) is 0 Å². The minimum Gasteiger partial charge on any atom is -0.338 e. The molecule has 0 atom stereocenters. The zero-order valence-corrected chi connectivity index (χ0v) is 7.97. The molecule has 1 N–H and O–H groups in total. The number of carbonyl (C=O) groups is 1. The SMILES string of the molecule is CN(C)C(=O)NCCCC1CC1. The van der Waals surface area contributed by atoms with Crippen molar-refractivity contribution in [1.82, 2.24) is 10.2 Å². The molecule has 0 aromatic heterocycles. The van der Waals surface area contributed by atoms with Gasteiger partial charge in [-0.1, -0.05) is 12.8 Å². The summed E-state index contributed by atoms with van der Waals surface area (Å²) in [7, 11) is 3.52. The molecule has 0 saturated heterocycles. The molecule has 70 valence electrons. The average Bonchev–Trinajstić information content (AvgIpc) is 2.80. The van der Waals surface area contributed by atoms with Crippen LogP contribution in [0.15, 0.2) is 0 Å². The Hall–Kier alpha value is -0.730. The Kier molecular flexibility index (Phi) is 3.38. The molecule has 0 unspecified atom stereocenters. The van der Waals surface area contributed by atoms with Gasteiger partial charge in [0.25, 0.3) is 0 Å². The van der Waals surface area contributed by atoms with Gasteiger partial charge in [-0.05, 0) is 18.8 Å². The van der Waals surface area contributed by atoms with Crippen molar-refractivity contribution in [2.75, 3.05) is 20.6 Å². The van der Waals surface area contributed by atoms with Crippen LogP contribution in [-0.4, -0.2) is 31.6 Å². The van der Waals surface area contributed by atoms with E-state index in [2.05, 4.69) is 5.32 Å². The molecule has 0 aliphatic heterocycles. The van der Waals surface area contributed by atoms with Gasteiger partial charge in [0.1, 0.15) is 0 Å². The van der Waals surface area contributed by atoms with Crippen LogP contribution in [0.5, 0.6) is 0 Å². The smallest absolute Gasteiger partial charge is 0.316 e. The summed E-state index contributed by atoms with van der Waals surface area (Å²) < 4.78 is 0. The summed E-state index contributed by atoms with van der Waals surface area (Å²) >= 11 is 0. The van der Waals surface area contributed by atoms with Crippen LogP contribution in [0.4, 0.5) is 4.79 Å². The van der Waals surface area contributed by atoms with Crippen molar-refractivity contribution < 1.29 is 4.79 Å². The highest BCUT2D eigenvalue weighted by Gasteiger charge is 2.20. The van der Waals surface area contributed by atoms with E-state index >= 15 is 0 Å². The van der Waals surface area contributed by atoms with E-state index in [0.29, 0.717) is 0 Å². The van der Waals surface area contributed by atoms with Crippen LogP contribution in [-0.2, 0) is 0 Å². The number of rotatable bonds is 4. The van der Waals surface area contributed by atoms with E-state index in [1.165, 1.54) is 19.3 Å². The fraction of sp³-hybridized carbons (Fsp3) is 0.889. The first-order valence-corrected chi connectivity index (χ1v) is 4.65. The monoisotopic (exact) mass is 170 g/mol. The number of hydrogen-bond acceptors (Lipinski definition) is 1. The van der Waals surface area contributed by atoms with Crippen LogP contribution >= 0.6 is 0 Å². The van der Waals surface area contributed by atoms with Gasteiger partial charge in [0.2, 0.25) is 0 Å². The maximum absolute atomic E-state index is 11.0. The summed E-state index contributed by atoms with van der Waals surface area (Å²) in [5.41, 5.74) is 0. The second kappa shape index (κ2) is 4.33. The molecule has 1 aliphatic rings. The first-order chi connectivity index (χ1) is 5.70. The van der Waals surface area contributed by atoms with Gasteiger partial charge < -0.3 is 10.2 Å². The second-order valence-electron chi connectivity index (χ2n) is 3.71. The first kappa shape index (κ1) is 9.36. The van der Waals surface area contributed by atoms with E-state index in [9.17, 15) is 4.79 Å². The molecule has 3 heteroatoms. The number of urea groups is 1. The summed E-state index contributed by atoms with van der Waals surface area (Å²) in [6.45, 7) is 0.827. The third-order valence-electron chi connectivity index (χ3n) is 2.17. The molecule has 0 heterocycles. The maximum atomic E-state index is 11.0.